The number of carbonyl (C=O) groups excluding carboxylic acids is 4. The van der Waals surface area contributed by atoms with Crippen molar-refractivity contribution in [2.75, 3.05) is 13.1 Å². The van der Waals surface area contributed by atoms with Crippen LogP contribution in [0.5, 0.6) is 0 Å². The third-order valence-electron chi connectivity index (χ3n) is 1.39. The van der Waals surface area contributed by atoms with Gasteiger partial charge in [-0.05, 0) is 0 Å². The normalized spacial score (nSPS) is 9.62. The van der Waals surface area contributed by atoms with Crippen molar-refractivity contribution in [2.45, 2.75) is 27.7 Å². The maximum Gasteiger partial charge on any atom is 2.00 e. The Morgan fingerprint density at radius 3 is 0.952 bits per heavy atom. The van der Waals surface area contributed by atoms with E-state index in [2.05, 4.69) is 19.4 Å². The summed E-state index contributed by atoms with van der Waals surface area (Å²) in [6.45, 7) is 3.97. The quantitative estimate of drug-likeness (QED) is 0.437. The monoisotopic (exact) mass is 355 g/mol. The van der Waals surface area contributed by atoms with Crippen LogP contribution in [0.1, 0.15) is 27.7 Å². The van der Waals surface area contributed by atoms with E-state index in [4.69, 9.17) is 0 Å². The summed E-state index contributed by atoms with van der Waals surface area (Å²) in [4.78, 5) is 61.4. The third kappa shape index (κ3) is 13.1. The molecular formula is C10H16CuN2O8+2. The Hall–Kier alpha value is -1.68. The summed E-state index contributed by atoms with van der Waals surface area (Å²) in [5.74, 6) is -2.90. The fraction of sp³-hybridized carbons (Fsp3) is 0.600. The van der Waals surface area contributed by atoms with Gasteiger partial charge < -0.3 is 19.4 Å². The fourth-order valence-corrected chi connectivity index (χ4v) is 0.957. The Kier molecular flexibility index (Phi) is 11.4. The second-order valence-corrected chi connectivity index (χ2v) is 3.44. The molecule has 0 N–H and O–H groups in total. The van der Waals surface area contributed by atoms with Gasteiger partial charge in [0.05, 0.1) is 13.1 Å². The Morgan fingerprint density at radius 2 is 0.810 bits per heavy atom. The third-order valence-corrected chi connectivity index (χ3v) is 1.39. The number of hydrogen-bond acceptors (Lipinski definition) is 10. The molecule has 123 valence electrons. The van der Waals surface area contributed by atoms with Crippen LogP contribution < -0.4 is 0 Å². The molecular weight excluding hydrogens is 340 g/mol. The Labute approximate surface area is 131 Å². The first-order chi connectivity index (χ1) is 9.20. The molecule has 0 saturated heterocycles. The van der Waals surface area contributed by atoms with Crippen LogP contribution in [-0.4, -0.2) is 47.4 Å². The molecule has 0 bridgehead atoms. The van der Waals surface area contributed by atoms with Gasteiger partial charge in [0.2, 0.25) is 0 Å². The molecule has 21 heavy (non-hydrogen) atoms. The van der Waals surface area contributed by atoms with Crippen LogP contribution in [0.15, 0.2) is 0 Å². The van der Waals surface area contributed by atoms with E-state index < -0.39 is 23.9 Å². The molecule has 0 heterocycles. The van der Waals surface area contributed by atoms with Crippen molar-refractivity contribution in [1.82, 2.24) is 10.5 Å². The molecule has 0 aliphatic carbocycles. The van der Waals surface area contributed by atoms with Crippen molar-refractivity contribution in [2.24, 2.45) is 0 Å². The summed E-state index contributed by atoms with van der Waals surface area (Å²) < 4.78 is 0. The van der Waals surface area contributed by atoms with Crippen LogP contribution in [0.4, 0.5) is 0 Å². The fourth-order valence-electron chi connectivity index (χ4n) is 0.957. The minimum atomic E-state index is -0.724. The van der Waals surface area contributed by atoms with Gasteiger partial charge in [-0.15, -0.1) is 0 Å². The molecule has 0 rings (SSSR count). The summed E-state index contributed by atoms with van der Waals surface area (Å²) in [6, 6.07) is 0. The summed E-state index contributed by atoms with van der Waals surface area (Å²) in [5.41, 5.74) is 0. The minimum absolute atomic E-state index is 0. The van der Waals surface area contributed by atoms with E-state index in [-0.39, 0.29) is 30.2 Å². The minimum Gasteiger partial charge on any atom is -0.333 e. The summed E-state index contributed by atoms with van der Waals surface area (Å²) in [7, 11) is 0. The van der Waals surface area contributed by atoms with Crippen LogP contribution in [0.2, 0.25) is 0 Å². The Balaban J connectivity index is 0. The number of carbonyl (C=O) groups is 4. The molecule has 10 nitrogen and oxygen atoms in total. The average molecular weight is 356 g/mol. The molecule has 0 aromatic carbocycles. The van der Waals surface area contributed by atoms with Crippen molar-refractivity contribution in [3.63, 3.8) is 0 Å². The molecule has 0 spiro atoms. The molecule has 11 heteroatoms. The zero-order chi connectivity index (χ0) is 15.7. The van der Waals surface area contributed by atoms with Gasteiger partial charge in [0, 0.05) is 38.1 Å². The van der Waals surface area contributed by atoms with Crippen molar-refractivity contribution in [1.29, 1.82) is 0 Å². The van der Waals surface area contributed by atoms with E-state index >= 15 is 0 Å². The molecule has 0 saturated carbocycles. The van der Waals surface area contributed by atoms with Crippen LogP contribution in [-0.2, 0) is 55.6 Å². The van der Waals surface area contributed by atoms with Gasteiger partial charge in [0.25, 0.3) is 0 Å². The first-order valence-corrected chi connectivity index (χ1v) is 5.50. The molecule has 1 radical (unpaired) electrons. The Morgan fingerprint density at radius 1 is 0.619 bits per heavy atom. The van der Waals surface area contributed by atoms with Gasteiger partial charge in [-0.25, -0.2) is 0 Å². The first-order valence-electron chi connectivity index (χ1n) is 5.50. The van der Waals surface area contributed by atoms with Crippen LogP contribution in [0, 0.1) is 0 Å². The second kappa shape index (κ2) is 11.0. The SMILES string of the molecule is CC(=O)ON(CCN(OC(C)=O)OC(C)=O)OC(C)=O.[Cu+2]. The van der Waals surface area contributed by atoms with Gasteiger partial charge in [-0.2, -0.15) is 0 Å². The van der Waals surface area contributed by atoms with Gasteiger partial charge in [0.1, 0.15) is 0 Å². The first kappa shape index (κ1) is 21.6. The standard InChI is InChI=1S/C10H16N2O8.Cu/c1-7(13)17-11(18-8(2)14)5-6-12(19-9(3)15)20-10(4)16;/h5-6H2,1-4H3;/q;+2. The van der Waals surface area contributed by atoms with Crippen molar-refractivity contribution in [3.8, 4) is 0 Å². The molecule has 0 aromatic rings. The molecule has 0 aliphatic heterocycles. The van der Waals surface area contributed by atoms with E-state index in [9.17, 15) is 19.2 Å². The van der Waals surface area contributed by atoms with Crippen LogP contribution in [0.25, 0.3) is 0 Å². The van der Waals surface area contributed by atoms with Crippen molar-refractivity contribution < 1.29 is 55.6 Å². The van der Waals surface area contributed by atoms with Crippen molar-refractivity contribution in [3.05, 3.63) is 0 Å². The molecule has 0 unspecified atom stereocenters. The molecule has 0 fully saturated rings. The van der Waals surface area contributed by atoms with E-state index in [0.29, 0.717) is 10.5 Å². The Bertz CT molecular complexity index is 321. The second-order valence-electron chi connectivity index (χ2n) is 3.44. The predicted octanol–water partition coefficient (Wildman–Crippen LogP) is -0.500. The molecule has 0 atom stereocenters. The number of hydroxylamine groups is 4. The largest absolute Gasteiger partial charge is 2.00 e. The maximum atomic E-state index is 10.8. The van der Waals surface area contributed by atoms with Crippen molar-refractivity contribution >= 4 is 23.9 Å². The smallest absolute Gasteiger partial charge is 0.333 e. The topological polar surface area (TPSA) is 112 Å². The zero-order valence-corrected chi connectivity index (χ0v) is 12.8. The molecule has 0 aromatic heterocycles. The summed E-state index contributed by atoms with van der Waals surface area (Å²) in [5, 5.41) is 1.15. The summed E-state index contributed by atoms with van der Waals surface area (Å²) >= 11 is 0. The molecule has 0 aliphatic rings. The predicted molar refractivity (Wildman–Crippen MR) is 60.5 cm³/mol. The van der Waals surface area contributed by atoms with E-state index in [1.54, 1.807) is 0 Å². The van der Waals surface area contributed by atoms with Gasteiger partial charge in [-0.1, -0.05) is 0 Å². The number of rotatable bonds is 7. The van der Waals surface area contributed by atoms with Crippen LogP contribution >= 0.6 is 0 Å². The van der Waals surface area contributed by atoms with Crippen LogP contribution in [0.3, 0.4) is 0 Å². The number of hydrogen-bond donors (Lipinski definition) is 0. The zero-order valence-electron chi connectivity index (χ0n) is 11.9. The van der Waals surface area contributed by atoms with Gasteiger partial charge in [0.15, 0.2) is 0 Å². The summed E-state index contributed by atoms with van der Waals surface area (Å²) in [6.07, 6.45) is 0. The van der Waals surface area contributed by atoms with E-state index in [1.807, 2.05) is 0 Å². The van der Waals surface area contributed by atoms with E-state index in [0.717, 1.165) is 27.7 Å². The maximum absolute atomic E-state index is 10.8. The van der Waals surface area contributed by atoms with E-state index in [1.165, 1.54) is 0 Å². The number of nitrogens with zero attached hydrogens (tertiary/aromatic N) is 2. The van der Waals surface area contributed by atoms with Gasteiger partial charge in [-0.3, -0.25) is 19.2 Å². The molecule has 0 amide bonds. The average Bonchev–Trinajstić information content (AvgIpc) is 2.22. The van der Waals surface area contributed by atoms with Gasteiger partial charge >= 0.3 is 40.9 Å².